The smallest absolute Gasteiger partial charge is 0.341 e. The van der Waals surface area contributed by atoms with Crippen molar-refractivity contribution in [1.29, 1.82) is 0 Å². The summed E-state index contributed by atoms with van der Waals surface area (Å²) < 4.78 is 11.1. The number of ether oxygens (including phenoxy) is 2. The zero-order chi connectivity index (χ0) is 22.6. The zero-order valence-corrected chi connectivity index (χ0v) is 17.8. The summed E-state index contributed by atoms with van der Waals surface area (Å²) in [6.45, 7) is 5.60. The van der Waals surface area contributed by atoms with E-state index in [0.29, 0.717) is 23.4 Å². The summed E-state index contributed by atoms with van der Waals surface area (Å²) in [5, 5.41) is 0. The summed E-state index contributed by atoms with van der Waals surface area (Å²) in [5.74, 6) is 1.02. The van der Waals surface area contributed by atoms with Crippen molar-refractivity contribution in [3.8, 4) is 12.3 Å². The van der Waals surface area contributed by atoms with Crippen LogP contribution in [0.15, 0.2) is 47.1 Å². The van der Waals surface area contributed by atoms with Crippen LogP contribution >= 0.6 is 0 Å². The maximum atomic E-state index is 14.0. The number of nitrogens with zero attached hydrogens (tertiary/aromatic N) is 1. The molecular weight excluding hydrogens is 396 g/mol. The fourth-order valence-electron chi connectivity index (χ4n) is 4.90. The molecule has 7 heteroatoms. The van der Waals surface area contributed by atoms with Crippen LogP contribution in [0.4, 0.5) is 5.69 Å². The zero-order valence-electron chi connectivity index (χ0n) is 17.8. The van der Waals surface area contributed by atoms with Gasteiger partial charge in [0.15, 0.2) is 5.78 Å². The summed E-state index contributed by atoms with van der Waals surface area (Å²) in [5.41, 5.74) is 5.12. The van der Waals surface area contributed by atoms with Crippen molar-refractivity contribution in [2.45, 2.75) is 39.0 Å². The highest BCUT2D eigenvalue weighted by atomic mass is 16.5. The summed E-state index contributed by atoms with van der Waals surface area (Å²) >= 11 is 0. The number of amides is 1. The molecule has 0 saturated carbocycles. The fourth-order valence-corrected chi connectivity index (χ4v) is 4.90. The first kappa shape index (κ1) is 20.7. The Bertz CT molecular complexity index is 1120. The van der Waals surface area contributed by atoms with Crippen molar-refractivity contribution in [3.05, 3.63) is 52.6 Å². The molecule has 2 aliphatic heterocycles. The second-order valence-electron chi connectivity index (χ2n) is 8.66. The molecule has 0 aromatic heterocycles. The van der Waals surface area contributed by atoms with Crippen LogP contribution < -0.4 is 10.6 Å². The highest BCUT2D eigenvalue weighted by molar-refractivity contribution is 6.23. The first-order valence-corrected chi connectivity index (χ1v) is 10.2. The van der Waals surface area contributed by atoms with E-state index in [1.54, 1.807) is 31.2 Å². The molecule has 3 aliphatic rings. The van der Waals surface area contributed by atoms with Gasteiger partial charge in [0.05, 0.1) is 18.7 Å². The Labute approximate surface area is 180 Å². The normalized spacial score (nSPS) is 24.0. The molecule has 160 valence electrons. The maximum Gasteiger partial charge on any atom is 0.341 e. The van der Waals surface area contributed by atoms with E-state index >= 15 is 0 Å². The number of para-hydroxylation sites is 1. The minimum absolute atomic E-state index is 0.0171. The summed E-state index contributed by atoms with van der Waals surface area (Å²) in [4.78, 5) is 42.1. The van der Waals surface area contributed by atoms with Gasteiger partial charge in [-0.25, -0.2) is 4.79 Å². The molecule has 1 unspecified atom stereocenters. The molecule has 1 aromatic rings. The van der Waals surface area contributed by atoms with Gasteiger partial charge in [0.25, 0.3) is 0 Å². The van der Waals surface area contributed by atoms with Crippen molar-refractivity contribution < 1.29 is 23.9 Å². The lowest BCUT2D eigenvalue weighted by Crippen LogP contribution is -2.52. The lowest BCUT2D eigenvalue weighted by atomic mass is 9.62. The number of carbonyl (C=O) groups excluding carboxylic acids is 3. The number of carbonyl (C=O) groups is 3. The van der Waals surface area contributed by atoms with Crippen LogP contribution in [0.25, 0.3) is 0 Å². The Hall–Kier alpha value is -3.53. The van der Waals surface area contributed by atoms with Crippen LogP contribution in [0.5, 0.6) is 0 Å². The molecule has 1 aliphatic carbocycles. The second kappa shape index (κ2) is 7.02. The molecule has 1 aromatic carbocycles. The average molecular weight is 420 g/mol. The van der Waals surface area contributed by atoms with Gasteiger partial charge in [0.1, 0.15) is 16.7 Å². The van der Waals surface area contributed by atoms with Gasteiger partial charge in [-0.15, -0.1) is 6.42 Å². The van der Waals surface area contributed by atoms with Gasteiger partial charge in [-0.2, -0.15) is 0 Å². The van der Waals surface area contributed by atoms with E-state index in [1.807, 2.05) is 13.8 Å². The topological polar surface area (TPSA) is 98.9 Å². The van der Waals surface area contributed by atoms with Gasteiger partial charge in [-0.05, 0) is 18.4 Å². The SMILES string of the molecule is C#CCN1C(=O)C2(C(C(=O)OCC)=C(N)OC3=C2C(=O)CC(C)(C)C3)c2ccccc21. The highest BCUT2D eigenvalue weighted by Crippen LogP contribution is 2.57. The van der Waals surface area contributed by atoms with E-state index < -0.39 is 17.3 Å². The summed E-state index contributed by atoms with van der Waals surface area (Å²) in [6, 6.07) is 6.98. The standard InChI is InChI=1S/C24H24N2O5/c1-5-11-26-15-10-8-7-9-14(15)24(22(26)29)18-16(27)12-23(3,4)13-17(18)31-20(25)19(24)21(28)30-6-2/h1,7-10H,6,11-13,25H2,2-4H3. The maximum absolute atomic E-state index is 14.0. The monoisotopic (exact) mass is 420 g/mol. The van der Waals surface area contributed by atoms with E-state index in [-0.39, 0.29) is 47.8 Å². The third kappa shape index (κ3) is 2.78. The minimum atomic E-state index is -1.75. The summed E-state index contributed by atoms with van der Waals surface area (Å²) in [6.07, 6.45) is 6.14. The van der Waals surface area contributed by atoms with E-state index in [2.05, 4.69) is 5.92 Å². The van der Waals surface area contributed by atoms with Gasteiger partial charge in [0.2, 0.25) is 11.8 Å². The number of Topliss-reactive ketones (excluding diaryl/α,β-unsaturated/α-hetero) is 1. The fraction of sp³-hybridized carbons (Fsp3) is 0.375. The van der Waals surface area contributed by atoms with Crippen molar-refractivity contribution in [2.75, 3.05) is 18.1 Å². The van der Waals surface area contributed by atoms with E-state index in [4.69, 9.17) is 21.6 Å². The number of terminal acetylenes is 1. The minimum Gasteiger partial charge on any atom is -0.462 e. The van der Waals surface area contributed by atoms with Crippen molar-refractivity contribution in [2.24, 2.45) is 11.1 Å². The first-order valence-electron chi connectivity index (χ1n) is 10.2. The quantitative estimate of drug-likeness (QED) is 0.595. The molecule has 1 atom stereocenters. The molecule has 1 spiro atoms. The van der Waals surface area contributed by atoms with Gasteiger partial charge >= 0.3 is 5.97 Å². The number of hydrogen-bond acceptors (Lipinski definition) is 6. The molecule has 1 amide bonds. The van der Waals surface area contributed by atoms with Crippen LogP contribution in [0, 0.1) is 17.8 Å². The molecule has 7 nitrogen and oxygen atoms in total. The highest BCUT2D eigenvalue weighted by Gasteiger charge is 2.64. The van der Waals surface area contributed by atoms with Crippen LogP contribution in [-0.4, -0.2) is 30.8 Å². The van der Waals surface area contributed by atoms with Gasteiger partial charge in [-0.3, -0.25) is 14.5 Å². The Morgan fingerprint density at radius 3 is 2.68 bits per heavy atom. The molecule has 2 heterocycles. The number of esters is 1. The lowest BCUT2D eigenvalue weighted by molar-refractivity contribution is -0.141. The van der Waals surface area contributed by atoms with Crippen LogP contribution in [0.3, 0.4) is 0 Å². The molecule has 0 bridgehead atoms. The van der Waals surface area contributed by atoms with Gasteiger partial charge in [-0.1, -0.05) is 38.0 Å². The number of anilines is 1. The Balaban J connectivity index is 2.09. The molecule has 0 saturated heterocycles. The number of rotatable bonds is 3. The summed E-state index contributed by atoms with van der Waals surface area (Å²) in [7, 11) is 0. The molecule has 2 N–H and O–H groups in total. The molecular formula is C24H24N2O5. The number of hydrogen-bond donors (Lipinski definition) is 1. The number of nitrogens with two attached hydrogens (primary N) is 1. The van der Waals surface area contributed by atoms with E-state index in [9.17, 15) is 14.4 Å². The van der Waals surface area contributed by atoms with Crippen LogP contribution in [0.2, 0.25) is 0 Å². The van der Waals surface area contributed by atoms with Crippen LogP contribution in [-0.2, 0) is 29.3 Å². The molecule has 0 radical (unpaired) electrons. The number of fused-ring (bicyclic) bond motifs is 3. The molecule has 31 heavy (non-hydrogen) atoms. The van der Waals surface area contributed by atoms with Crippen molar-refractivity contribution in [3.63, 3.8) is 0 Å². The van der Waals surface area contributed by atoms with Crippen LogP contribution in [0.1, 0.15) is 39.2 Å². The number of allylic oxidation sites excluding steroid dienone is 1. The second-order valence-corrected chi connectivity index (χ2v) is 8.66. The number of benzene rings is 1. The Morgan fingerprint density at radius 1 is 1.29 bits per heavy atom. The third-order valence-corrected chi connectivity index (χ3v) is 5.96. The van der Waals surface area contributed by atoms with Gasteiger partial charge in [0, 0.05) is 24.1 Å². The predicted molar refractivity (Wildman–Crippen MR) is 113 cm³/mol. The Morgan fingerprint density at radius 2 is 2.00 bits per heavy atom. The lowest BCUT2D eigenvalue weighted by Gasteiger charge is -2.42. The third-order valence-electron chi connectivity index (χ3n) is 5.96. The predicted octanol–water partition coefficient (Wildman–Crippen LogP) is 2.31. The van der Waals surface area contributed by atoms with Gasteiger partial charge < -0.3 is 15.2 Å². The van der Waals surface area contributed by atoms with Crippen molar-refractivity contribution in [1.82, 2.24) is 0 Å². The molecule has 0 fully saturated rings. The van der Waals surface area contributed by atoms with E-state index in [0.717, 1.165) is 0 Å². The largest absolute Gasteiger partial charge is 0.462 e. The van der Waals surface area contributed by atoms with E-state index in [1.165, 1.54) is 4.90 Å². The first-order chi connectivity index (χ1) is 14.7. The average Bonchev–Trinajstić information content (AvgIpc) is 2.91. The number of ketones is 1. The molecule has 4 rings (SSSR count). The Kier molecular flexibility index (Phi) is 4.69. The van der Waals surface area contributed by atoms with Crippen molar-refractivity contribution >= 4 is 23.3 Å².